The SMILES string of the molecule is N#Cc1ccc(COc2nc(C3=CCN(Cc4nc5sc(C(=O)O)cc5n4C[C@@H]4CCO4)CC3)ccc2F)c(F)c1. The Bertz CT molecular complexity index is 1710. The van der Waals surface area contributed by atoms with E-state index in [-0.39, 0.29) is 34.6 Å². The molecular formula is C29H25F2N5O4S. The van der Waals surface area contributed by atoms with Gasteiger partial charge in [0.15, 0.2) is 5.82 Å². The Kier molecular flexibility index (Phi) is 7.49. The van der Waals surface area contributed by atoms with E-state index in [4.69, 9.17) is 19.7 Å². The van der Waals surface area contributed by atoms with E-state index in [2.05, 4.69) is 14.5 Å². The molecule has 4 aromatic rings. The number of pyridine rings is 1. The molecule has 2 aliphatic rings. The molecule has 0 unspecified atom stereocenters. The highest BCUT2D eigenvalue weighted by molar-refractivity contribution is 7.20. The Labute approximate surface area is 237 Å². The molecule has 1 aromatic carbocycles. The summed E-state index contributed by atoms with van der Waals surface area (Å²) >= 11 is 1.17. The number of carboxylic acid groups (broad SMARTS) is 1. The van der Waals surface area contributed by atoms with E-state index in [9.17, 15) is 18.7 Å². The van der Waals surface area contributed by atoms with Crippen molar-refractivity contribution in [2.75, 3.05) is 19.7 Å². The highest BCUT2D eigenvalue weighted by Crippen LogP contribution is 2.30. The standard InChI is InChI=1S/C29H25F2N5O4S/c30-21-3-4-23(33-27(21)40-16-19-2-1-17(13-32)11-22(19)31)18-5-8-35(9-6-18)15-26-34-28-24(12-25(41-28)29(37)38)36(26)14-20-7-10-39-20/h1-5,11-12,20H,6-10,14-16H2,(H,37,38)/t20-/m0/s1. The van der Waals surface area contributed by atoms with Crippen LogP contribution in [0.2, 0.25) is 0 Å². The number of hydrogen-bond acceptors (Lipinski definition) is 8. The van der Waals surface area contributed by atoms with Crippen LogP contribution in [0.4, 0.5) is 8.78 Å². The second kappa shape index (κ2) is 11.4. The van der Waals surface area contributed by atoms with Crippen LogP contribution in [-0.2, 0) is 24.4 Å². The number of hydrogen-bond donors (Lipinski definition) is 1. The first-order valence-electron chi connectivity index (χ1n) is 13.1. The number of halogens is 2. The lowest BCUT2D eigenvalue weighted by Gasteiger charge is -2.29. The lowest BCUT2D eigenvalue weighted by molar-refractivity contribution is -0.0591. The van der Waals surface area contributed by atoms with Crippen LogP contribution in [0.5, 0.6) is 5.88 Å². The number of thiophene rings is 1. The molecule has 0 saturated carbocycles. The third kappa shape index (κ3) is 5.69. The van der Waals surface area contributed by atoms with Crippen LogP contribution in [0.15, 0.2) is 42.5 Å². The Morgan fingerprint density at radius 2 is 2.07 bits per heavy atom. The van der Waals surface area contributed by atoms with Gasteiger partial charge < -0.3 is 19.1 Å². The summed E-state index contributed by atoms with van der Waals surface area (Å²) in [5.41, 5.74) is 2.75. The molecule has 0 aliphatic carbocycles. The molecule has 1 N–H and O–H groups in total. The summed E-state index contributed by atoms with van der Waals surface area (Å²) in [6.07, 6.45) is 3.78. The first-order chi connectivity index (χ1) is 19.9. The van der Waals surface area contributed by atoms with Gasteiger partial charge in [0.2, 0.25) is 0 Å². The van der Waals surface area contributed by atoms with E-state index in [0.717, 1.165) is 42.6 Å². The normalized spacial score (nSPS) is 17.2. The van der Waals surface area contributed by atoms with Crippen LogP contribution in [0, 0.1) is 23.0 Å². The average Bonchev–Trinajstić information content (AvgIpc) is 3.49. The molecule has 0 radical (unpaired) electrons. The van der Waals surface area contributed by atoms with Crippen molar-refractivity contribution in [3.8, 4) is 11.9 Å². The van der Waals surface area contributed by atoms with Crippen molar-refractivity contribution in [1.82, 2.24) is 19.4 Å². The number of ether oxygens (including phenoxy) is 2. The maximum absolute atomic E-state index is 14.4. The number of nitrogens with zero attached hydrogens (tertiary/aromatic N) is 5. The van der Waals surface area contributed by atoms with Crippen molar-refractivity contribution in [1.29, 1.82) is 5.26 Å². The van der Waals surface area contributed by atoms with E-state index in [1.165, 1.54) is 29.5 Å². The van der Waals surface area contributed by atoms with Gasteiger partial charge in [-0.05, 0) is 48.7 Å². The van der Waals surface area contributed by atoms with E-state index in [1.54, 1.807) is 12.1 Å². The number of carbonyl (C=O) groups is 1. The van der Waals surface area contributed by atoms with Gasteiger partial charge in [0.05, 0.1) is 42.0 Å². The minimum Gasteiger partial charge on any atom is -0.477 e. The molecule has 210 valence electrons. The number of fused-ring (bicyclic) bond motifs is 1. The number of imidazole rings is 1. The predicted octanol–water partition coefficient (Wildman–Crippen LogP) is 5.00. The molecule has 0 spiro atoms. The summed E-state index contributed by atoms with van der Waals surface area (Å²) in [4.78, 5) is 23.8. The zero-order valence-electron chi connectivity index (χ0n) is 21.8. The van der Waals surface area contributed by atoms with Gasteiger partial charge in [0, 0.05) is 25.3 Å². The fraction of sp³-hybridized carbons (Fsp3) is 0.310. The summed E-state index contributed by atoms with van der Waals surface area (Å²) in [6.45, 7) is 3.08. The van der Waals surface area contributed by atoms with Crippen LogP contribution in [0.25, 0.3) is 15.9 Å². The summed E-state index contributed by atoms with van der Waals surface area (Å²) in [6, 6.07) is 10.5. The lowest BCUT2D eigenvalue weighted by atomic mass is 10.0. The minimum absolute atomic E-state index is 0.0987. The molecule has 5 heterocycles. The van der Waals surface area contributed by atoms with Crippen LogP contribution in [0.3, 0.4) is 0 Å². The Balaban J connectivity index is 1.14. The Morgan fingerprint density at radius 3 is 2.76 bits per heavy atom. The van der Waals surface area contributed by atoms with E-state index in [0.29, 0.717) is 36.6 Å². The van der Waals surface area contributed by atoms with Crippen molar-refractivity contribution < 1.29 is 28.2 Å². The van der Waals surface area contributed by atoms with E-state index < -0.39 is 17.6 Å². The van der Waals surface area contributed by atoms with Crippen molar-refractivity contribution in [2.24, 2.45) is 0 Å². The minimum atomic E-state index is -0.959. The van der Waals surface area contributed by atoms with Gasteiger partial charge in [0.1, 0.15) is 28.0 Å². The Morgan fingerprint density at radius 1 is 1.22 bits per heavy atom. The van der Waals surface area contributed by atoms with Crippen molar-refractivity contribution >= 4 is 33.2 Å². The highest BCUT2D eigenvalue weighted by Gasteiger charge is 2.25. The number of benzene rings is 1. The third-order valence-electron chi connectivity index (χ3n) is 7.26. The molecule has 3 aromatic heterocycles. The molecule has 2 aliphatic heterocycles. The zero-order chi connectivity index (χ0) is 28.5. The van der Waals surface area contributed by atoms with Gasteiger partial charge in [-0.25, -0.2) is 23.5 Å². The largest absolute Gasteiger partial charge is 0.477 e. The summed E-state index contributed by atoms with van der Waals surface area (Å²) < 4.78 is 41.9. The topological polar surface area (TPSA) is 114 Å². The lowest BCUT2D eigenvalue weighted by Crippen LogP contribution is -2.33. The fourth-order valence-corrected chi connectivity index (χ4v) is 5.79. The second-order valence-electron chi connectivity index (χ2n) is 9.93. The van der Waals surface area contributed by atoms with Gasteiger partial charge in [0.25, 0.3) is 5.88 Å². The molecule has 1 fully saturated rings. The average molecular weight is 578 g/mol. The van der Waals surface area contributed by atoms with Gasteiger partial charge in [-0.1, -0.05) is 12.1 Å². The number of aromatic nitrogens is 3. The molecule has 9 nitrogen and oxygen atoms in total. The maximum atomic E-state index is 14.4. The number of rotatable bonds is 9. The van der Waals surface area contributed by atoms with Crippen molar-refractivity contribution in [3.05, 3.63) is 81.6 Å². The predicted molar refractivity (Wildman–Crippen MR) is 146 cm³/mol. The summed E-state index contributed by atoms with van der Waals surface area (Å²) in [5.74, 6) is -1.55. The van der Waals surface area contributed by atoms with Gasteiger partial charge in [-0.3, -0.25) is 4.90 Å². The molecule has 0 bridgehead atoms. The molecule has 41 heavy (non-hydrogen) atoms. The van der Waals surface area contributed by atoms with E-state index in [1.807, 2.05) is 12.1 Å². The van der Waals surface area contributed by atoms with Crippen molar-refractivity contribution in [2.45, 2.75) is 38.6 Å². The van der Waals surface area contributed by atoms with Crippen LogP contribution in [0.1, 0.15) is 45.2 Å². The Hall–Kier alpha value is -4.18. The van der Waals surface area contributed by atoms with Crippen LogP contribution in [-0.4, -0.2) is 56.3 Å². The molecular weight excluding hydrogens is 552 g/mol. The highest BCUT2D eigenvalue weighted by atomic mass is 32.1. The number of nitriles is 1. The number of aromatic carboxylic acids is 1. The molecule has 0 amide bonds. The van der Waals surface area contributed by atoms with Crippen LogP contribution >= 0.6 is 11.3 Å². The molecule has 12 heteroatoms. The van der Waals surface area contributed by atoms with Crippen molar-refractivity contribution in [3.63, 3.8) is 0 Å². The zero-order valence-corrected chi connectivity index (χ0v) is 22.7. The van der Waals surface area contributed by atoms with Crippen LogP contribution < -0.4 is 4.74 Å². The molecule has 6 rings (SSSR count). The molecule has 1 saturated heterocycles. The fourth-order valence-electron chi connectivity index (χ4n) is 4.89. The second-order valence-corrected chi connectivity index (χ2v) is 11.0. The third-order valence-corrected chi connectivity index (χ3v) is 8.27. The smallest absolute Gasteiger partial charge is 0.346 e. The first-order valence-corrected chi connectivity index (χ1v) is 13.9. The van der Waals surface area contributed by atoms with Gasteiger partial charge >= 0.3 is 5.97 Å². The molecule has 1 atom stereocenters. The van der Waals surface area contributed by atoms with E-state index >= 15 is 0 Å². The maximum Gasteiger partial charge on any atom is 0.346 e. The quantitative estimate of drug-likeness (QED) is 0.296. The monoisotopic (exact) mass is 577 g/mol. The number of carboxylic acids is 1. The summed E-state index contributed by atoms with van der Waals surface area (Å²) in [5, 5.41) is 18.3. The van der Waals surface area contributed by atoms with Gasteiger partial charge in [-0.2, -0.15) is 5.26 Å². The summed E-state index contributed by atoms with van der Waals surface area (Å²) in [7, 11) is 0. The first kappa shape index (κ1) is 27.0. The van der Waals surface area contributed by atoms with Gasteiger partial charge in [-0.15, -0.1) is 11.3 Å².